The molecule has 7 heteroatoms. The predicted molar refractivity (Wildman–Crippen MR) is 70.3 cm³/mol. The van der Waals surface area contributed by atoms with Crippen molar-refractivity contribution in [3.8, 4) is 0 Å². The molecule has 0 aromatic carbocycles. The van der Waals surface area contributed by atoms with Crippen LogP contribution < -0.4 is 5.32 Å². The third-order valence-corrected chi connectivity index (χ3v) is 4.77. The quantitative estimate of drug-likeness (QED) is 0.654. The molecule has 1 fully saturated rings. The predicted octanol–water partition coefficient (Wildman–Crippen LogP) is 0.412. The number of carbonyl (C=O) groups is 2. The zero-order chi connectivity index (χ0) is 14.5. The molecular weight excluding hydrogens is 270 g/mol. The number of ether oxygens (including phenoxy) is 1. The monoisotopic (exact) mass is 291 g/mol. The summed E-state index contributed by atoms with van der Waals surface area (Å²) in [6.45, 7) is 3.53. The average Bonchev–Trinajstić information content (AvgIpc) is 3.08. The highest BCUT2D eigenvalue weighted by molar-refractivity contribution is 7.93. The summed E-state index contributed by atoms with van der Waals surface area (Å²) < 4.78 is 28.9. The van der Waals surface area contributed by atoms with Gasteiger partial charge in [-0.15, -0.1) is 0 Å². The number of carbonyl (C=O) groups excluding carboxylic acids is 2. The topological polar surface area (TPSA) is 89.5 Å². The minimum atomic E-state index is -3.81. The molecular formula is C12H21NO5S. The fourth-order valence-corrected chi connectivity index (χ4v) is 3.33. The molecule has 0 spiro atoms. The standard InChI is InChI=1S/C12H21NO5S/c1-3-5-10(12(15)18-4-2)19(16,17)8-11(14)13-9-6-7-9/h9-10H,3-8H2,1-2H3,(H,13,14). The zero-order valence-electron chi connectivity index (χ0n) is 11.3. The van der Waals surface area contributed by atoms with Crippen LogP contribution in [0.25, 0.3) is 0 Å². The van der Waals surface area contributed by atoms with E-state index in [-0.39, 0.29) is 19.1 Å². The summed E-state index contributed by atoms with van der Waals surface area (Å²) in [6, 6.07) is 0.106. The van der Waals surface area contributed by atoms with E-state index in [2.05, 4.69) is 5.32 Å². The molecule has 0 aromatic heterocycles. The molecule has 1 saturated carbocycles. The second kappa shape index (κ2) is 6.88. The highest BCUT2D eigenvalue weighted by Crippen LogP contribution is 2.19. The third kappa shape index (κ3) is 5.18. The molecule has 6 nitrogen and oxygen atoms in total. The van der Waals surface area contributed by atoms with Crippen LogP contribution in [0.3, 0.4) is 0 Å². The number of sulfone groups is 1. The molecule has 19 heavy (non-hydrogen) atoms. The maximum absolute atomic E-state index is 12.1. The Kier molecular flexibility index (Phi) is 5.78. The normalized spacial score (nSPS) is 16.7. The summed E-state index contributed by atoms with van der Waals surface area (Å²) in [5, 5.41) is 1.37. The van der Waals surface area contributed by atoms with E-state index in [0.717, 1.165) is 12.8 Å². The van der Waals surface area contributed by atoms with Crippen LogP contribution in [-0.4, -0.2) is 43.9 Å². The molecule has 1 atom stereocenters. The molecule has 1 aliphatic rings. The fourth-order valence-electron chi connectivity index (χ4n) is 1.72. The van der Waals surface area contributed by atoms with Crippen molar-refractivity contribution < 1.29 is 22.7 Å². The van der Waals surface area contributed by atoms with Crippen LogP contribution in [0.4, 0.5) is 0 Å². The minimum Gasteiger partial charge on any atom is -0.465 e. The van der Waals surface area contributed by atoms with Crippen LogP contribution in [0, 0.1) is 0 Å². The van der Waals surface area contributed by atoms with Crippen LogP contribution >= 0.6 is 0 Å². The van der Waals surface area contributed by atoms with Crippen LogP contribution in [0.1, 0.15) is 39.5 Å². The Bertz CT molecular complexity index is 427. The summed E-state index contributed by atoms with van der Waals surface area (Å²) >= 11 is 0. The summed E-state index contributed by atoms with van der Waals surface area (Å²) in [5.41, 5.74) is 0. The Balaban J connectivity index is 2.67. The molecule has 0 aromatic rings. The molecule has 0 aliphatic heterocycles. The Morgan fingerprint density at radius 3 is 2.42 bits per heavy atom. The number of hydrogen-bond acceptors (Lipinski definition) is 5. The molecule has 1 N–H and O–H groups in total. The van der Waals surface area contributed by atoms with Crippen molar-refractivity contribution >= 4 is 21.7 Å². The van der Waals surface area contributed by atoms with Crippen LogP contribution in [0.15, 0.2) is 0 Å². The van der Waals surface area contributed by atoms with E-state index < -0.39 is 32.7 Å². The number of rotatable bonds is 8. The van der Waals surface area contributed by atoms with Gasteiger partial charge in [-0.2, -0.15) is 0 Å². The molecule has 1 rings (SSSR count). The van der Waals surface area contributed by atoms with Gasteiger partial charge in [0.1, 0.15) is 5.75 Å². The first-order valence-corrected chi connectivity index (χ1v) is 8.29. The highest BCUT2D eigenvalue weighted by Gasteiger charge is 2.35. The molecule has 1 unspecified atom stereocenters. The van der Waals surface area contributed by atoms with Gasteiger partial charge in [0.2, 0.25) is 5.91 Å². The first-order valence-electron chi connectivity index (χ1n) is 6.58. The van der Waals surface area contributed by atoms with Crippen molar-refractivity contribution in [3.63, 3.8) is 0 Å². The van der Waals surface area contributed by atoms with Crippen molar-refractivity contribution in [2.45, 2.75) is 50.8 Å². The van der Waals surface area contributed by atoms with Crippen LogP contribution in [0.2, 0.25) is 0 Å². The van der Waals surface area contributed by atoms with E-state index >= 15 is 0 Å². The van der Waals surface area contributed by atoms with Crippen molar-refractivity contribution in [3.05, 3.63) is 0 Å². The smallest absolute Gasteiger partial charge is 0.324 e. The number of hydrogen-bond donors (Lipinski definition) is 1. The summed E-state index contributed by atoms with van der Waals surface area (Å²) in [6.07, 6.45) is 2.49. The van der Waals surface area contributed by atoms with Crippen molar-refractivity contribution in [1.82, 2.24) is 5.32 Å². The van der Waals surface area contributed by atoms with Gasteiger partial charge in [-0.1, -0.05) is 13.3 Å². The zero-order valence-corrected chi connectivity index (χ0v) is 12.2. The Labute approximate surface area is 113 Å². The summed E-state index contributed by atoms with van der Waals surface area (Å²) in [7, 11) is -3.81. The highest BCUT2D eigenvalue weighted by atomic mass is 32.2. The van der Waals surface area contributed by atoms with Gasteiger partial charge in [-0.3, -0.25) is 9.59 Å². The summed E-state index contributed by atoms with van der Waals surface area (Å²) in [5.74, 6) is -1.94. The average molecular weight is 291 g/mol. The van der Waals surface area contributed by atoms with Crippen LogP contribution in [-0.2, 0) is 24.2 Å². The van der Waals surface area contributed by atoms with E-state index in [1.807, 2.05) is 0 Å². The molecule has 0 radical (unpaired) electrons. The van der Waals surface area contributed by atoms with Crippen molar-refractivity contribution in [2.24, 2.45) is 0 Å². The summed E-state index contributed by atoms with van der Waals surface area (Å²) in [4.78, 5) is 23.2. The molecule has 1 aliphatic carbocycles. The van der Waals surface area contributed by atoms with Gasteiger partial charge >= 0.3 is 5.97 Å². The molecule has 1 amide bonds. The van der Waals surface area contributed by atoms with Gasteiger partial charge in [-0.25, -0.2) is 8.42 Å². The fraction of sp³-hybridized carbons (Fsp3) is 0.833. The maximum Gasteiger partial charge on any atom is 0.324 e. The van der Waals surface area contributed by atoms with E-state index in [9.17, 15) is 18.0 Å². The van der Waals surface area contributed by atoms with Gasteiger partial charge in [0.05, 0.1) is 6.61 Å². The van der Waals surface area contributed by atoms with E-state index in [0.29, 0.717) is 6.42 Å². The molecule has 0 bridgehead atoms. The lowest BCUT2D eigenvalue weighted by atomic mass is 10.2. The van der Waals surface area contributed by atoms with Crippen LogP contribution in [0.5, 0.6) is 0 Å². The number of amides is 1. The van der Waals surface area contributed by atoms with Gasteiger partial charge in [0.25, 0.3) is 0 Å². The lowest BCUT2D eigenvalue weighted by molar-refractivity contribution is -0.142. The second-order valence-corrected chi connectivity index (χ2v) is 6.86. The van der Waals surface area contributed by atoms with Gasteiger partial charge in [0.15, 0.2) is 15.1 Å². The first-order chi connectivity index (χ1) is 8.90. The van der Waals surface area contributed by atoms with E-state index in [1.54, 1.807) is 13.8 Å². The van der Waals surface area contributed by atoms with Crippen molar-refractivity contribution in [1.29, 1.82) is 0 Å². The maximum atomic E-state index is 12.1. The minimum absolute atomic E-state index is 0.106. The molecule has 0 heterocycles. The molecule has 110 valence electrons. The first kappa shape index (κ1) is 15.9. The lowest BCUT2D eigenvalue weighted by Crippen LogP contribution is -2.40. The van der Waals surface area contributed by atoms with E-state index in [1.165, 1.54) is 0 Å². The van der Waals surface area contributed by atoms with Gasteiger partial charge in [0, 0.05) is 6.04 Å². The van der Waals surface area contributed by atoms with E-state index in [4.69, 9.17) is 4.74 Å². The SMILES string of the molecule is CCCC(C(=O)OCC)S(=O)(=O)CC(=O)NC1CC1. The lowest BCUT2D eigenvalue weighted by Gasteiger charge is -2.15. The van der Waals surface area contributed by atoms with Gasteiger partial charge in [-0.05, 0) is 26.2 Å². The number of nitrogens with one attached hydrogen (secondary N) is 1. The second-order valence-electron chi connectivity index (χ2n) is 4.68. The Morgan fingerprint density at radius 1 is 1.32 bits per heavy atom. The third-order valence-electron chi connectivity index (χ3n) is 2.81. The Morgan fingerprint density at radius 2 is 1.95 bits per heavy atom. The van der Waals surface area contributed by atoms with Crippen molar-refractivity contribution in [2.75, 3.05) is 12.4 Å². The largest absolute Gasteiger partial charge is 0.465 e. The van der Waals surface area contributed by atoms with Gasteiger partial charge < -0.3 is 10.1 Å². The Hall–Kier alpha value is -1.11. The molecule has 0 saturated heterocycles. The number of esters is 1.